The van der Waals surface area contributed by atoms with E-state index in [0.717, 1.165) is 43.2 Å². The molecule has 1 aliphatic rings. The van der Waals surface area contributed by atoms with Crippen molar-refractivity contribution in [3.8, 4) is 0 Å². The lowest BCUT2D eigenvalue weighted by atomic mass is 10.0. The number of ether oxygens (including phenoxy) is 1. The van der Waals surface area contributed by atoms with E-state index in [0.29, 0.717) is 0 Å². The zero-order valence-corrected chi connectivity index (χ0v) is 11.4. The predicted molar refractivity (Wildman–Crippen MR) is 79.7 cm³/mol. The average Bonchev–Trinajstić information content (AvgIpc) is 2.56. The standard InChI is InChI=1S/C16H19N3O/c17-16(13-4-2-1-3-5-13)14-6-7-15(18-12-14)19-8-10-20-11-9-19/h1-7,12,16H,8-11,17H2/t16-/m1/s1. The topological polar surface area (TPSA) is 51.4 Å². The summed E-state index contributed by atoms with van der Waals surface area (Å²) in [6.45, 7) is 3.34. The molecule has 1 saturated heterocycles. The number of benzene rings is 1. The molecule has 1 aromatic heterocycles. The lowest BCUT2D eigenvalue weighted by Gasteiger charge is -2.28. The molecule has 1 fully saturated rings. The predicted octanol–water partition coefficient (Wildman–Crippen LogP) is 1.97. The maximum Gasteiger partial charge on any atom is 0.128 e. The van der Waals surface area contributed by atoms with E-state index >= 15 is 0 Å². The fourth-order valence-electron chi connectivity index (χ4n) is 2.41. The van der Waals surface area contributed by atoms with Gasteiger partial charge in [0.05, 0.1) is 19.3 Å². The van der Waals surface area contributed by atoms with Crippen molar-refractivity contribution in [2.75, 3.05) is 31.2 Å². The number of anilines is 1. The second-order valence-electron chi connectivity index (χ2n) is 4.94. The first-order valence-corrected chi connectivity index (χ1v) is 6.94. The van der Waals surface area contributed by atoms with E-state index < -0.39 is 0 Å². The minimum atomic E-state index is -0.123. The van der Waals surface area contributed by atoms with Crippen molar-refractivity contribution < 1.29 is 4.74 Å². The van der Waals surface area contributed by atoms with E-state index in [1.807, 2.05) is 42.6 Å². The third-order valence-electron chi connectivity index (χ3n) is 3.62. The van der Waals surface area contributed by atoms with Crippen LogP contribution in [0.3, 0.4) is 0 Å². The number of morpholine rings is 1. The zero-order valence-electron chi connectivity index (χ0n) is 11.4. The molecular weight excluding hydrogens is 250 g/mol. The van der Waals surface area contributed by atoms with E-state index in [1.165, 1.54) is 0 Å². The lowest BCUT2D eigenvalue weighted by Crippen LogP contribution is -2.36. The number of pyridine rings is 1. The summed E-state index contributed by atoms with van der Waals surface area (Å²) in [5.74, 6) is 0.998. The molecule has 1 atom stereocenters. The summed E-state index contributed by atoms with van der Waals surface area (Å²) in [4.78, 5) is 6.78. The Hall–Kier alpha value is -1.91. The maximum atomic E-state index is 6.27. The van der Waals surface area contributed by atoms with Crippen LogP contribution in [0.15, 0.2) is 48.7 Å². The minimum absolute atomic E-state index is 0.123. The Morgan fingerprint density at radius 3 is 2.40 bits per heavy atom. The van der Waals surface area contributed by atoms with Gasteiger partial charge >= 0.3 is 0 Å². The smallest absolute Gasteiger partial charge is 0.128 e. The van der Waals surface area contributed by atoms with Gasteiger partial charge in [-0.3, -0.25) is 0 Å². The van der Waals surface area contributed by atoms with Crippen LogP contribution in [0.5, 0.6) is 0 Å². The van der Waals surface area contributed by atoms with Gasteiger partial charge in [0.2, 0.25) is 0 Å². The third kappa shape index (κ3) is 2.81. The normalized spacial score (nSPS) is 16.9. The fourth-order valence-corrected chi connectivity index (χ4v) is 2.41. The highest BCUT2D eigenvalue weighted by Gasteiger charge is 2.13. The van der Waals surface area contributed by atoms with Crippen LogP contribution in [-0.2, 0) is 4.74 Å². The molecule has 2 N–H and O–H groups in total. The van der Waals surface area contributed by atoms with Crippen molar-refractivity contribution in [2.24, 2.45) is 5.73 Å². The Kier molecular flexibility index (Phi) is 3.95. The number of aromatic nitrogens is 1. The zero-order chi connectivity index (χ0) is 13.8. The molecular formula is C16H19N3O. The van der Waals surface area contributed by atoms with E-state index in [1.54, 1.807) is 0 Å². The van der Waals surface area contributed by atoms with Gasteiger partial charge in [0.1, 0.15) is 5.82 Å². The maximum absolute atomic E-state index is 6.27. The third-order valence-corrected chi connectivity index (χ3v) is 3.62. The largest absolute Gasteiger partial charge is 0.378 e. The fraction of sp³-hybridized carbons (Fsp3) is 0.312. The Morgan fingerprint density at radius 2 is 1.75 bits per heavy atom. The molecule has 0 amide bonds. The summed E-state index contributed by atoms with van der Waals surface area (Å²) in [5.41, 5.74) is 8.41. The molecule has 0 aliphatic carbocycles. The number of rotatable bonds is 3. The van der Waals surface area contributed by atoms with Crippen LogP contribution in [0.1, 0.15) is 17.2 Å². The SMILES string of the molecule is N[C@H](c1ccccc1)c1ccc(N2CCOCC2)nc1. The van der Waals surface area contributed by atoms with Gasteiger partial charge in [0.25, 0.3) is 0 Å². The van der Waals surface area contributed by atoms with Crippen LogP contribution in [0.25, 0.3) is 0 Å². The number of nitrogens with two attached hydrogens (primary N) is 1. The van der Waals surface area contributed by atoms with E-state index in [-0.39, 0.29) is 6.04 Å². The quantitative estimate of drug-likeness (QED) is 0.925. The van der Waals surface area contributed by atoms with Crippen LogP contribution < -0.4 is 10.6 Å². The highest BCUT2D eigenvalue weighted by atomic mass is 16.5. The summed E-state index contributed by atoms with van der Waals surface area (Å²) in [6, 6.07) is 14.1. The molecule has 0 radical (unpaired) electrons. The van der Waals surface area contributed by atoms with Gasteiger partial charge in [-0.25, -0.2) is 4.98 Å². The van der Waals surface area contributed by atoms with E-state index in [2.05, 4.69) is 16.0 Å². The van der Waals surface area contributed by atoms with Gasteiger partial charge in [0.15, 0.2) is 0 Å². The Bertz CT molecular complexity index is 535. The van der Waals surface area contributed by atoms with Crippen molar-refractivity contribution >= 4 is 5.82 Å². The Balaban J connectivity index is 1.75. The summed E-state index contributed by atoms with van der Waals surface area (Å²) >= 11 is 0. The first kappa shape index (κ1) is 13.1. The highest BCUT2D eigenvalue weighted by Crippen LogP contribution is 2.21. The molecule has 0 bridgehead atoms. The Morgan fingerprint density at radius 1 is 1.00 bits per heavy atom. The molecule has 0 unspecified atom stereocenters. The van der Waals surface area contributed by atoms with Gasteiger partial charge in [0, 0.05) is 19.3 Å². The highest BCUT2D eigenvalue weighted by molar-refractivity contribution is 5.41. The van der Waals surface area contributed by atoms with Crippen molar-refractivity contribution in [3.63, 3.8) is 0 Å². The molecule has 4 nitrogen and oxygen atoms in total. The van der Waals surface area contributed by atoms with Crippen LogP contribution >= 0.6 is 0 Å². The summed E-state index contributed by atoms with van der Waals surface area (Å²) in [6.07, 6.45) is 1.88. The number of nitrogens with zero attached hydrogens (tertiary/aromatic N) is 2. The summed E-state index contributed by atoms with van der Waals surface area (Å²) in [7, 11) is 0. The van der Waals surface area contributed by atoms with Gasteiger partial charge in [-0.2, -0.15) is 0 Å². The molecule has 104 valence electrons. The van der Waals surface area contributed by atoms with E-state index in [4.69, 9.17) is 10.5 Å². The molecule has 2 heterocycles. The van der Waals surface area contributed by atoms with Crippen LogP contribution in [-0.4, -0.2) is 31.3 Å². The molecule has 1 aromatic carbocycles. The minimum Gasteiger partial charge on any atom is -0.378 e. The van der Waals surface area contributed by atoms with Crippen LogP contribution in [0.2, 0.25) is 0 Å². The molecule has 3 rings (SSSR count). The molecule has 4 heteroatoms. The first-order valence-electron chi connectivity index (χ1n) is 6.94. The van der Waals surface area contributed by atoms with Gasteiger partial charge < -0.3 is 15.4 Å². The van der Waals surface area contributed by atoms with Crippen molar-refractivity contribution in [1.82, 2.24) is 4.98 Å². The Labute approximate surface area is 119 Å². The molecule has 20 heavy (non-hydrogen) atoms. The molecule has 2 aromatic rings. The average molecular weight is 269 g/mol. The van der Waals surface area contributed by atoms with Gasteiger partial charge in [-0.15, -0.1) is 0 Å². The second-order valence-corrected chi connectivity index (χ2v) is 4.94. The molecule has 0 saturated carbocycles. The van der Waals surface area contributed by atoms with Crippen molar-refractivity contribution in [2.45, 2.75) is 6.04 Å². The molecule has 1 aliphatic heterocycles. The monoisotopic (exact) mass is 269 g/mol. The van der Waals surface area contributed by atoms with Crippen LogP contribution in [0, 0.1) is 0 Å². The van der Waals surface area contributed by atoms with E-state index in [9.17, 15) is 0 Å². The van der Waals surface area contributed by atoms with Crippen molar-refractivity contribution in [1.29, 1.82) is 0 Å². The summed E-state index contributed by atoms with van der Waals surface area (Å²) in [5, 5.41) is 0. The summed E-state index contributed by atoms with van der Waals surface area (Å²) < 4.78 is 5.35. The van der Waals surface area contributed by atoms with Crippen LogP contribution in [0.4, 0.5) is 5.82 Å². The first-order chi connectivity index (χ1) is 9.84. The van der Waals surface area contributed by atoms with Gasteiger partial charge in [-0.1, -0.05) is 36.4 Å². The van der Waals surface area contributed by atoms with Crippen molar-refractivity contribution in [3.05, 3.63) is 59.8 Å². The second kappa shape index (κ2) is 6.03. The number of hydrogen-bond donors (Lipinski definition) is 1. The molecule has 0 spiro atoms. The number of hydrogen-bond acceptors (Lipinski definition) is 4. The lowest BCUT2D eigenvalue weighted by molar-refractivity contribution is 0.122. The van der Waals surface area contributed by atoms with Gasteiger partial charge in [-0.05, 0) is 17.2 Å².